The first-order valence-corrected chi connectivity index (χ1v) is 7.78. The zero-order valence-corrected chi connectivity index (χ0v) is 13.1. The average Bonchev–Trinajstić information content (AvgIpc) is 3.11. The fourth-order valence-electron chi connectivity index (χ4n) is 2.24. The van der Waals surface area contributed by atoms with E-state index in [1.165, 1.54) is 0 Å². The molecule has 0 fully saturated rings. The summed E-state index contributed by atoms with van der Waals surface area (Å²) in [6.45, 7) is 0.521. The van der Waals surface area contributed by atoms with Crippen molar-refractivity contribution in [3.8, 4) is 11.4 Å². The number of amides is 1. The number of hydrogen-bond donors (Lipinski definition) is 2. The van der Waals surface area contributed by atoms with Crippen LogP contribution in [0.1, 0.15) is 17.8 Å². The Hall–Kier alpha value is -3.09. The van der Waals surface area contributed by atoms with Gasteiger partial charge in [0.05, 0.1) is 0 Å². The van der Waals surface area contributed by atoms with Gasteiger partial charge in [-0.1, -0.05) is 6.07 Å². The molecule has 1 amide bonds. The third-order valence-electron chi connectivity index (χ3n) is 3.50. The molecular formula is C17H18N6O. The van der Waals surface area contributed by atoms with E-state index in [0.29, 0.717) is 31.6 Å². The molecule has 24 heavy (non-hydrogen) atoms. The number of pyridine rings is 2. The van der Waals surface area contributed by atoms with E-state index in [-0.39, 0.29) is 5.91 Å². The normalized spacial score (nSPS) is 10.5. The van der Waals surface area contributed by atoms with E-state index in [1.54, 1.807) is 24.8 Å². The van der Waals surface area contributed by atoms with Crippen molar-refractivity contribution in [2.45, 2.75) is 19.3 Å². The zero-order valence-electron chi connectivity index (χ0n) is 13.1. The molecule has 0 unspecified atom stereocenters. The van der Waals surface area contributed by atoms with Crippen molar-refractivity contribution >= 4 is 5.91 Å². The molecule has 0 atom stereocenters. The fraction of sp³-hybridized carbons (Fsp3) is 0.235. The van der Waals surface area contributed by atoms with Gasteiger partial charge in [0.25, 0.3) is 0 Å². The van der Waals surface area contributed by atoms with Gasteiger partial charge in [0.1, 0.15) is 5.82 Å². The molecular weight excluding hydrogens is 304 g/mol. The van der Waals surface area contributed by atoms with Crippen LogP contribution in [0.3, 0.4) is 0 Å². The highest BCUT2D eigenvalue weighted by Gasteiger charge is 2.07. The van der Waals surface area contributed by atoms with Crippen molar-refractivity contribution in [2.24, 2.45) is 0 Å². The second-order valence-electron chi connectivity index (χ2n) is 5.31. The van der Waals surface area contributed by atoms with E-state index < -0.39 is 0 Å². The zero-order chi connectivity index (χ0) is 16.6. The summed E-state index contributed by atoms with van der Waals surface area (Å²) in [5, 5.41) is 9.94. The second kappa shape index (κ2) is 7.96. The summed E-state index contributed by atoms with van der Waals surface area (Å²) < 4.78 is 0. The Morgan fingerprint density at radius 2 is 1.92 bits per heavy atom. The SMILES string of the molecule is O=C(CCc1cccnc1)NCCc1nc(-c2cccnc2)n[nH]1. The number of aromatic nitrogens is 5. The van der Waals surface area contributed by atoms with Crippen LogP contribution in [-0.4, -0.2) is 37.6 Å². The summed E-state index contributed by atoms with van der Waals surface area (Å²) in [6, 6.07) is 7.58. The van der Waals surface area contributed by atoms with Crippen LogP contribution in [0.15, 0.2) is 49.1 Å². The van der Waals surface area contributed by atoms with Gasteiger partial charge in [0.15, 0.2) is 5.82 Å². The molecule has 7 heteroatoms. The van der Waals surface area contributed by atoms with Gasteiger partial charge in [-0.3, -0.25) is 19.9 Å². The quantitative estimate of drug-likeness (QED) is 0.688. The Labute approximate surface area is 139 Å². The molecule has 3 aromatic rings. The maximum Gasteiger partial charge on any atom is 0.220 e. The number of nitrogens with zero attached hydrogens (tertiary/aromatic N) is 4. The summed E-state index contributed by atoms with van der Waals surface area (Å²) in [7, 11) is 0. The predicted octanol–water partition coefficient (Wildman–Crippen LogP) is 1.55. The molecule has 3 heterocycles. The van der Waals surface area contributed by atoms with Crippen LogP contribution in [0.4, 0.5) is 0 Å². The van der Waals surface area contributed by atoms with Crippen LogP contribution >= 0.6 is 0 Å². The van der Waals surface area contributed by atoms with Gasteiger partial charge in [-0.15, -0.1) is 0 Å². The Morgan fingerprint density at radius 1 is 1.08 bits per heavy atom. The molecule has 0 aliphatic rings. The molecule has 0 bridgehead atoms. The summed E-state index contributed by atoms with van der Waals surface area (Å²) in [5.41, 5.74) is 1.92. The fourth-order valence-corrected chi connectivity index (χ4v) is 2.24. The highest BCUT2D eigenvalue weighted by Crippen LogP contribution is 2.11. The third-order valence-corrected chi connectivity index (χ3v) is 3.50. The molecule has 0 aliphatic heterocycles. The van der Waals surface area contributed by atoms with Gasteiger partial charge in [-0.25, -0.2) is 4.98 Å². The lowest BCUT2D eigenvalue weighted by molar-refractivity contribution is -0.121. The largest absolute Gasteiger partial charge is 0.356 e. The lowest BCUT2D eigenvalue weighted by Gasteiger charge is -2.03. The minimum absolute atomic E-state index is 0.0193. The molecule has 0 saturated carbocycles. The van der Waals surface area contributed by atoms with E-state index in [2.05, 4.69) is 30.5 Å². The van der Waals surface area contributed by atoms with Gasteiger partial charge in [-0.05, 0) is 30.2 Å². The summed E-state index contributed by atoms with van der Waals surface area (Å²) in [5.74, 6) is 1.37. The lowest BCUT2D eigenvalue weighted by atomic mass is 10.1. The van der Waals surface area contributed by atoms with Crippen molar-refractivity contribution in [3.05, 3.63) is 60.4 Å². The van der Waals surface area contributed by atoms with E-state index in [9.17, 15) is 4.79 Å². The second-order valence-corrected chi connectivity index (χ2v) is 5.31. The predicted molar refractivity (Wildman–Crippen MR) is 88.9 cm³/mol. The van der Waals surface area contributed by atoms with Crippen LogP contribution < -0.4 is 5.32 Å². The Bertz CT molecular complexity index is 772. The number of aromatic amines is 1. The molecule has 7 nitrogen and oxygen atoms in total. The summed E-state index contributed by atoms with van der Waals surface area (Å²) >= 11 is 0. The van der Waals surface area contributed by atoms with Gasteiger partial charge in [0, 0.05) is 49.7 Å². The molecule has 0 radical (unpaired) electrons. The first-order chi connectivity index (χ1) is 11.8. The average molecular weight is 322 g/mol. The van der Waals surface area contributed by atoms with Crippen LogP contribution in [0.5, 0.6) is 0 Å². The van der Waals surface area contributed by atoms with Gasteiger partial charge >= 0.3 is 0 Å². The highest BCUT2D eigenvalue weighted by molar-refractivity contribution is 5.76. The molecule has 3 rings (SSSR count). The number of nitrogens with one attached hydrogen (secondary N) is 2. The van der Waals surface area contributed by atoms with Crippen LogP contribution in [0.25, 0.3) is 11.4 Å². The van der Waals surface area contributed by atoms with Crippen molar-refractivity contribution in [1.82, 2.24) is 30.5 Å². The van der Waals surface area contributed by atoms with Gasteiger partial charge < -0.3 is 5.32 Å². The first kappa shape index (κ1) is 15.8. The number of rotatable bonds is 7. The smallest absolute Gasteiger partial charge is 0.220 e. The van der Waals surface area contributed by atoms with Crippen molar-refractivity contribution in [3.63, 3.8) is 0 Å². The number of carbonyl (C=O) groups is 1. The van der Waals surface area contributed by atoms with E-state index >= 15 is 0 Å². The molecule has 0 saturated heterocycles. The van der Waals surface area contributed by atoms with Crippen molar-refractivity contribution in [1.29, 1.82) is 0 Å². The first-order valence-electron chi connectivity index (χ1n) is 7.78. The van der Waals surface area contributed by atoms with Crippen molar-refractivity contribution in [2.75, 3.05) is 6.54 Å². The van der Waals surface area contributed by atoms with E-state index in [4.69, 9.17) is 0 Å². The molecule has 0 aliphatic carbocycles. The van der Waals surface area contributed by atoms with Crippen LogP contribution in [-0.2, 0) is 17.6 Å². The number of hydrogen-bond acceptors (Lipinski definition) is 5. The maximum absolute atomic E-state index is 11.8. The molecule has 122 valence electrons. The maximum atomic E-state index is 11.8. The summed E-state index contributed by atoms with van der Waals surface area (Å²) in [4.78, 5) is 24.3. The minimum Gasteiger partial charge on any atom is -0.356 e. The molecule has 2 N–H and O–H groups in total. The van der Waals surface area contributed by atoms with Crippen LogP contribution in [0.2, 0.25) is 0 Å². The van der Waals surface area contributed by atoms with E-state index in [1.807, 2.05) is 24.3 Å². The number of carbonyl (C=O) groups excluding carboxylic acids is 1. The van der Waals surface area contributed by atoms with Gasteiger partial charge in [0.2, 0.25) is 5.91 Å². The third kappa shape index (κ3) is 4.45. The molecule has 0 spiro atoms. The highest BCUT2D eigenvalue weighted by atomic mass is 16.1. The van der Waals surface area contributed by atoms with Crippen molar-refractivity contribution < 1.29 is 4.79 Å². The summed E-state index contributed by atoms with van der Waals surface area (Å²) in [6.07, 6.45) is 8.66. The Kier molecular flexibility index (Phi) is 5.24. The van der Waals surface area contributed by atoms with Crippen LogP contribution in [0, 0.1) is 0 Å². The molecule has 3 aromatic heterocycles. The van der Waals surface area contributed by atoms with E-state index in [0.717, 1.165) is 17.0 Å². The standard InChI is InChI=1S/C17H18N6O/c24-16(6-5-13-3-1-8-18-11-13)20-10-7-15-21-17(23-22-15)14-4-2-9-19-12-14/h1-4,8-9,11-12H,5-7,10H2,(H,20,24)(H,21,22,23). The lowest BCUT2D eigenvalue weighted by Crippen LogP contribution is -2.26. The minimum atomic E-state index is 0.0193. The monoisotopic (exact) mass is 322 g/mol. The number of aryl methyl sites for hydroxylation is 1. The Morgan fingerprint density at radius 3 is 2.67 bits per heavy atom. The Balaban J connectivity index is 1.42. The molecule has 0 aromatic carbocycles. The number of H-pyrrole nitrogens is 1. The topological polar surface area (TPSA) is 96.5 Å². The van der Waals surface area contributed by atoms with Gasteiger partial charge in [-0.2, -0.15) is 5.10 Å².